The van der Waals surface area contributed by atoms with E-state index in [-0.39, 0.29) is 17.5 Å². The van der Waals surface area contributed by atoms with Crippen LogP contribution < -0.4 is 4.74 Å². The molecule has 1 aromatic heterocycles. The smallest absolute Gasteiger partial charge is 0.224 e. The van der Waals surface area contributed by atoms with Gasteiger partial charge in [-0.2, -0.15) is 4.98 Å². The number of aromatic hydroxyl groups is 1. The first-order valence-corrected chi connectivity index (χ1v) is 4.24. The molecule has 0 spiro atoms. The highest BCUT2D eigenvalue weighted by molar-refractivity contribution is 5.87. The summed E-state index contributed by atoms with van der Waals surface area (Å²) >= 11 is 0. The van der Waals surface area contributed by atoms with E-state index >= 15 is 0 Å². The van der Waals surface area contributed by atoms with Crippen LogP contribution in [0, 0.1) is 0 Å². The second kappa shape index (κ2) is 3.53. The summed E-state index contributed by atoms with van der Waals surface area (Å²) in [5, 5.41) is 9.87. The van der Waals surface area contributed by atoms with E-state index in [1.54, 1.807) is 6.07 Å². The second-order valence-corrected chi connectivity index (χ2v) is 2.91. The molecule has 0 aliphatic carbocycles. The van der Waals surface area contributed by atoms with Gasteiger partial charge in [-0.05, 0) is 18.2 Å². The Labute approximate surface area is 85.4 Å². The van der Waals surface area contributed by atoms with E-state index in [4.69, 9.17) is 4.74 Å². The molecule has 0 aliphatic rings. The van der Waals surface area contributed by atoms with Gasteiger partial charge < -0.3 is 9.84 Å². The molecule has 0 saturated carbocycles. The summed E-state index contributed by atoms with van der Waals surface area (Å²) in [7, 11) is 1.44. The Morgan fingerprint density at radius 3 is 2.87 bits per heavy atom. The minimum Gasteiger partial charge on any atom is -0.508 e. The molecule has 76 valence electrons. The topological polar surface area (TPSA) is 72.3 Å². The number of phenolic OH excluding ortho intramolecular Hbond substituents is 1. The number of carbonyl (C=O) groups excluding carboxylic acids is 1. The monoisotopic (exact) mass is 204 g/mol. The van der Waals surface area contributed by atoms with Crippen LogP contribution in [0.15, 0.2) is 18.2 Å². The lowest BCUT2D eigenvalue weighted by Crippen LogP contribution is -1.97. The average molecular weight is 204 g/mol. The van der Waals surface area contributed by atoms with Crippen molar-refractivity contribution in [3.63, 3.8) is 0 Å². The standard InChI is InChI=1S/C10H8N2O3/c1-15-10-7-4-6(14)2-3-8(7)11-9(5-13)12-10/h2-5,14H,1H3. The highest BCUT2D eigenvalue weighted by Crippen LogP contribution is 2.25. The molecule has 15 heavy (non-hydrogen) atoms. The molecule has 2 aromatic rings. The van der Waals surface area contributed by atoms with E-state index in [0.29, 0.717) is 17.2 Å². The van der Waals surface area contributed by atoms with E-state index in [9.17, 15) is 9.90 Å². The van der Waals surface area contributed by atoms with Crippen LogP contribution in [0.3, 0.4) is 0 Å². The summed E-state index contributed by atoms with van der Waals surface area (Å²) < 4.78 is 5.00. The van der Waals surface area contributed by atoms with Gasteiger partial charge in [0.2, 0.25) is 5.88 Å². The van der Waals surface area contributed by atoms with Crippen molar-refractivity contribution in [3.8, 4) is 11.6 Å². The zero-order valence-electron chi connectivity index (χ0n) is 7.97. The summed E-state index contributed by atoms with van der Waals surface area (Å²) in [6.07, 6.45) is 0.550. The Balaban J connectivity index is 2.80. The molecule has 0 radical (unpaired) electrons. The number of carbonyl (C=O) groups is 1. The van der Waals surface area contributed by atoms with Crippen molar-refractivity contribution in [2.24, 2.45) is 0 Å². The third kappa shape index (κ3) is 1.59. The second-order valence-electron chi connectivity index (χ2n) is 2.91. The summed E-state index contributed by atoms with van der Waals surface area (Å²) in [6, 6.07) is 4.58. The Morgan fingerprint density at radius 2 is 2.20 bits per heavy atom. The molecular weight excluding hydrogens is 196 g/mol. The number of benzene rings is 1. The lowest BCUT2D eigenvalue weighted by molar-refractivity contribution is 0.111. The summed E-state index contributed by atoms with van der Waals surface area (Å²) in [6.45, 7) is 0. The summed E-state index contributed by atoms with van der Waals surface area (Å²) in [5.74, 6) is 0.436. The molecule has 0 amide bonds. The van der Waals surface area contributed by atoms with Gasteiger partial charge in [0.15, 0.2) is 12.1 Å². The van der Waals surface area contributed by atoms with Gasteiger partial charge in [-0.15, -0.1) is 0 Å². The average Bonchev–Trinajstić information content (AvgIpc) is 2.27. The quantitative estimate of drug-likeness (QED) is 0.743. The maximum Gasteiger partial charge on any atom is 0.224 e. The Kier molecular flexibility index (Phi) is 2.21. The van der Waals surface area contributed by atoms with Crippen molar-refractivity contribution >= 4 is 17.2 Å². The molecule has 5 nitrogen and oxygen atoms in total. The third-order valence-electron chi connectivity index (χ3n) is 1.96. The maximum atomic E-state index is 10.6. The number of nitrogens with zero attached hydrogens (tertiary/aromatic N) is 2. The van der Waals surface area contributed by atoms with Gasteiger partial charge in [-0.25, -0.2) is 4.98 Å². The Morgan fingerprint density at radius 1 is 1.40 bits per heavy atom. The van der Waals surface area contributed by atoms with Crippen molar-refractivity contribution in [2.45, 2.75) is 0 Å². The van der Waals surface area contributed by atoms with Crippen molar-refractivity contribution in [1.82, 2.24) is 9.97 Å². The lowest BCUT2D eigenvalue weighted by Gasteiger charge is -2.04. The molecule has 1 N–H and O–H groups in total. The number of rotatable bonds is 2. The minimum atomic E-state index is 0.0602. The van der Waals surface area contributed by atoms with Gasteiger partial charge in [-0.3, -0.25) is 4.79 Å². The number of fused-ring (bicyclic) bond motifs is 1. The molecular formula is C10H8N2O3. The first kappa shape index (κ1) is 9.39. The predicted molar refractivity (Wildman–Crippen MR) is 53.1 cm³/mol. The molecule has 1 aromatic carbocycles. The highest BCUT2D eigenvalue weighted by Gasteiger charge is 2.07. The van der Waals surface area contributed by atoms with Gasteiger partial charge in [0.05, 0.1) is 18.0 Å². The van der Waals surface area contributed by atoms with Crippen LogP contribution in [0.4, 0.5) is 0 Å². The number of methoxy groups -OCH3 is 1. The molecule has 0 atom stereocenters. The SMILES string of the molecule is COc1nc(C=O)nc2ccc(O)cc12. The van der Waals surface area contributed by atoms with Crippen LogP contribution in [-0.2, 0) is 0 Å². The summed E-state index contributed by atoms with van der Waals surface area (Å²) in [4.78, 5) is 18.4. The van der Waals surface area contributed by atoms with Crippen LogP contribution in [0.2, 0.25) is 0 Å². The molecule has 0 bridgehead atoms. The van der Waals surface area contributed by atoms with Crippen molar-refractivity contribution < 1.29 is 14.6 Å². The molecule has 0 fully saturated rings. The number of hydrogen-bond donors (Lipinski definition) is 1. The van der Waals surface area contributed by atoms with E-state index in [0.717, 1.165) is 0 Å². The molecule has 2 rings (SSSR count). The van der Waals surface area contributed by atoms with E-state index < -0.39 is 0 Å². The largest absolute Gasteiger partial charge is 0.508 e. The number of ether oxygens (including phenoxy) is 1. The lowest BCUT2D eigenvalue weighted by atomic mass is 10.2. The van der Waals surface area contributed by atoms with Gasteiger partial charge in [0, 0.05) is 0 Å². The van der Waals surface area contributed by atoms with Crippen molar-refractivity contribution in [2.75, 3.05) is 7.11 Å². The van der Waals surface area contributed by atoms with E-state index in [1.165, 1.54) is 19.2 Å². The number of aromatic nitrogens is 2. The normalized spacial score (nSPS) is 10.2. The summed E-state index contributed by atoms with van der Waals surface area (Å²) in [5.41, 5.74) is 0.557. The third-order valence-corrected chi connectivity index (χ3v) is 1.96. The zero-order chi connectivity index (χ0) is 10.8. The van der Waals surface area contributed by atoms with Gasteiger partial charge >= 0.3 is 0 Å². The Bertz CT molecular complexity index is 525. The van der Waals surface area contributed by atoms with Crippen LogP contribution >= 0.6 is 0 Å². The number of phenols is 1. The van der Waals surface area contributed by atoms with Gasteiger partial charge in [0.25, 0.3) is 0 Å². The van der Waals surface area contributed by atoms with Crippen LogP contribution in [0.25, 0.3) is 10.9 Å². The van der Waals surface area contributed by atoms with Gasteiger partial charge in [0.1, 0.15) is 5.75 Å². The molecule has 5 heteroatoms. The molecule has 0 saturated heterocycles. The first-order chi connectivity index (χ1) is 7.24. The van der Waals surface area contributed by atoms with Gasteiger partial charge in [-0.1, -0.05) is 0 Å². The number of hydrogen-bond acceptors (Lipinski definition) is 5. The highest BCUT2D eigenvalue weighted by atomic mass is 16.5. The van der Waals surface area contributed by atoms with Crippen molar-refractivity contribution in [3.05, 3.63) is 24.0 Å². The number of aldehydes is 1. The fourth-order valence-corrected chi connectivity index (χ4v) is 1.31. The van der Waals surface area contributed by atoms with Crippen molar-refractivity contribution in [1.29, 1.82) is 0 Å². The first-order valence-electron chi connectivity index (χ1n) is 4.24. The molecule has 1 heterocycles. The fourth-order valence-electron chi connectivity index (χ4n) is 1.31. The van der Waals surface area contributed by atoms with E-state index in [2.05, 4.69) is 9.97 Å². The molecule has 0 unspecified atom stereocenters. The maximum absolute atomic E-state index is 10.6. The van der Waals surface area contributed by atoms with Crippen LogP contribution in [0.1, 0.15) is 10.6 Å². The van der Waals surface area contributed by atoms with Crippen LogP contribution in [0.5, 0.6) is 11.6 Å². The van der Waals surface area contributed by atoms with Crippen LogP contribution in [-0.4, -0.2) is 28.5 Å². The molecule has 0 aliphatic heterocycles. The minimum absolute atomic E-state index is 0.0602. The zero-order valence-corrected chi connectivity index (χ0v) is 7.97. The Hall–Kier alpha value is -2.17. The fraction of sp³-hybridized carbons (Fsp3) is 0.100. The van der Waals surface area contributed by atoms with E-state index in [1.807, 2.05) is 0 Å². The predicted octanol–water partition coefficient (Wildman–Crippen LogP) is 1.16.